The molecule has 5 nitrogen and oxygen atoms in total. The van der Waals surface area contributed by atoms with Gasteiger partial charge in [0.05, 0.1) is 11.9 Å². The van der Waals surface area contributed by atoms with Crippen molar-refractivity contribution in [3.05, 3.63) is 35.4 Å². The molecule has 0 bridgehead atoms. The van der Waals surface area contributed by atoms with Crippen molar-refractivity contribution < 1.29 is 17.9 Å². The van der Waals surface area contributed by atoms with Gasteiger partial charge in [0.25, 0.3) is 0 Å². The minimum absolute atomic E-state index is 0.0379. The van der Waals surface area contributed by atoms with Crippen LogP contribution in [0, 0.1) is 5.41 Å². The fraction of sp³-hybridized carbons (Fsp3) is 0.562. The zero-order chi connectivity index (χ0) is 16.5. The molecule has 0 aromatic heterocycles. The van der Waals surface area contributed by atoms with Crippen LogP contribution < -0.4 is 5.73 Å². The maximum atomic E-state index is 12.4. The monoisotopic (exact) mass is 325 g/mol. The smallest absolute Gasteiger partial charge is 0.315 e. The van der Waals surface area contributed by atoms with Gasteiger partial charge in [-0.2, -0.15) is 0 Å². The second-order valence-corrected chi connectivity index (χ2v) is 7.95. The van der Waals surface area contributed by atoms with Crippen LogP contribution in [0.3, 0.4) is 0 Å². The highest BCUT2D eigenvalue weighted by atomic mass is 32.2. The maximum absolute atomic E-state index is 12.4. The number of hydrogen-bond acceptors (Lipinski definition) is 5. The Hall–Kier alpha value is -1.40. The lowest BCUT2D eigenvalue weighted by molar-refractivity contribution is -0.149. The molecule has 22 heavy (non-hydrogen) atoms. The number of hydrogen-bond donors (Lipinski definition) is 1. The third-order valence-electron chi connectivity index (χ3n) is 4.46. The van der Waals surface area contributed by atoms with Gasteiger partial charge in [-0.05, 0) is 24.5 Å². The number of benzene rings is 1. The summed E-state index contributed by atoms with van der Waals surface area (Å²) in [7, 11) is -3.41. The van der Waals surface area contributed by atoms with E-state index in [9.17, 15) is 13.2 Å². The van der Waals surface area contributed by atoms with Gasteiger partial charge in [0.1, 0.15) is 5.41 Å². The van der Waals surface area contributed by atoms with Crippen molar-refractivity contribution in [2.24, 2.45) is 11.1 Å². The van der Waals surface area contributed by atoms with Gasteiger partial charge in [-0.1, -0.05) is 31.2 Å². The van der Waals surface area contributed by atoms with Crippen molar-refractivity contribution in [1.82, 2.24) is 0 Å². The van der Waals surface area contributed by atoms with E-state index in [2.05, 4.69) is 0 Å². The molecule has 0 amide bonds. The fourth-order valence-electron chi connectivity index (χ4n) is 3.30. The second-order valence-electron chi connectivity index (χ2n) is 5.79. The van der Waals surface area contributed by atoms with Crippen LogP contribution in [0.2, 0.25) is 0 Å². The number of ether oxygens (including phenoxy) is 1. The van der Waals surface area contributed by atoms with Gasteiger partial charge in [0.15, 0.2) is 9.84 Å². The zero-order valence-corrected chi connectivity index (χ0v) is 14.0. The molecule has 2 rings (SSSR count). The Morgan fingerprint density at radius 1 is 1.27 bits per heavy atom. The first-order valence-corrected chi connectivity index (χ1v) is 9.43. The molecule has 2 N–H and O–H groups in total. The Balaban J connectivity index is 2.44. The van der Waals surface area contributed by atoms with Crippen molar-refractivity contribution in [2.75, 3.05) is 19.4 Å². The summed E-state index contributed by atoms with van der Waals surface area (Å²) >= 11 is 0. The van der Waals surface area contributed by atoms with Gasteiger partial charge in [-0.25, -0.2) is 8.42 Å². The number of aryl methyl sites for hydroxylation is 1. The molecule has 3 atom stereocenters. The Morgan fingerprint density at radius 2 is 1.86 bits per heavy atom. The summed E-state index contributed by atoms with van der Waals surface area (Å²) in [5, 5.41) is -0.809. The van der Waals surface area contributed by atoms with Gasteiger partial charge in [-0.15, -0.1) is 0 Å². The maximum Gasteiger partial charge on any atom is 0.315 e. The average Bonchev–Trinajstić information content (AvgIpc) is 3.18. The Morgan fingerprint density at radius 3 is 2.27 bits per heavy atom. The highest BCUT2D eigenvalue weighted by Crippen LogP contribution is 2.62. The normalized spacial score (nSPS) is 27.5. The average molecular weight is 325 g/mol. The third-order valence-corrected chi connectivity index (χ3v) is 6.07. The van der Waals surface area contributed by atoms with Crippen LogP contribution in [0.25, 0.3) is 0 Å². The number of esters is 1. The van der Waals surface area contributed by atoms with Crippen LogP contribution in [0.1, 0.15) is 30.9 Å². The van der Waals surface area contributed by atoms with Crippen LogP contribution in [0.15, 0.2) is 24.3 Å². The molecular weight excluding hydrogens is 302 g/mol. The number of nitrogens with two attached hydrogens (primary N) is 1. The molecule has 0 spiro atoms. The molecule has 0 saturated heterocycles. The first-order valence-electron chi connectivity index (χ1n) is 7.47. The van der Waals surface area contributed by atoms with Crippen LogP contribution in [-0.2, 0) is 25.8 Å². The van der Waals surface area contributed by atoms with Gasteiger partial charge >= 0.3 is 5.97 Å². The summed E-state index contributed by atoms with van der Waals surface area (Å²) in [4.78, 5) is 12.4. The van der Waals surface area contributed by atoms with Gasteiger partial charge in [-0.3, -0.25) is 4.79 Å². The van der Waals surface area contributed by atoms with Crippen LogP contribution >= 0.6 is 0 Å². The predicted molar refractivity (Wildman–Crippen MR) is 85.3 cm³/mol. The fourth-order valence-corrected chi connectivity index (χ4v) is 5.22. The first-order chi connectivity index (χ1) is 10.3. The quantitative estimate of drug-likeness (QED) is 0.796. The van der Waals surface area contributed by atoms with Crippen molar-refractivity contribution in [1.29, 1.82) is 0 Å². The molecule has 0 heterocycles. The molecule has 122 valence electrons. The summed E-state index contributed by atoms with van der Waals surface area (Å²) in [6.45, 7) is 3.92. The molecule has 0 radical (unpaired) electrons. The van der Waals surface area contributed by atoms with E-state index in [1.807, 2.05) is 31.2 Å². The van der Waals surface area contributed by atoms with Crippen LogP contribution in [-0.4, -0.2) is 39.0 Å². The van der Waals surface area contributed by atoms with E-state index in [0.29, 0.717) is 0 Å². The summed E-state index contributed by atoms with van der Waals surface area (Å²) in [6.07, 6.45) is 2.06. The summed E-state index contributed by atoms with van der Waals surface area (Å²) in [6, 6.07) is 7.69. The summed E-state index contributed by atoms with van der Waals surface area (Å²) < 4.78 is 29.3. The Kier molecular flexibility index (Phi) is 4.63. The van der Waals surface area contributed by atoms with Crippen LogP contribution in [0.4, 0.5) is 0 Å². The lowest BCUT2D eigenvalue weighted by Gasteiger charge is -2.14. The topological polar surface area (TPSA) is 86.5 Å². The molecule has 1 fully saturated rings. The molecule has 0 unspecified atom stereocenters. The molecule has 1 aliphatic carbocycles. The summed E-state index contributed by atoms with van der Waals surface area (Å²) in [5.74, 6) is -0.949. The number of rotatable bonds is 6. The third kappa shape index (κ3) is 2.65. The standard InChI is InChI=1S/C16H23NO4S/c1-4-11-6-8-12(9-7-11)13-14(22(3,19)20)16(13,10-17)15(18)21-5-2/h6-9,13-14H,4-5,10,17H2,1-3H3/t13-,14+,16-/m1/s1. The minimum atomic E-state index is -3.41. The van der Waals surface area contributed by atoms with Crippen molar-refractivity contribution in [3.8, 4) is 0 Å². The first kappa shape index (κ1) is 17.0. The van der Waals surface area contributed by atoms with Crippen molar-refractivity contribution in [3.63, 3.8) is 0 Å². The van der Waals surface area contributed by atoms with Gasteiger partial charge in [0.2, 0.25) is 0 Å². The molecule has 1 saturated carbocycles. The Bertz CT molecular complexity index is 653. The van der Waals surface area contributed by atoms with Crippen molar-refractivity contribution >= 4 is 15.8 Å². The molecular formula is C16H23NO4S. The van der Waals surface area contributed by atoms with E-state index in [4.69, 9.17) is 10.5 Å². The van der Waals surface area contributed by atoms with Crippen LogP contribution in [0.5, 0.6) is 0 Å². The largest absolute Gasteiger partial charge is 0.465 e. The van der Waals surface area contributed by atoms with E-state index in [-0.39, 0.29) is 13.2 Å². The molecule has 1 aromatic rings. The SMILES string of the molecule is CCOC(=O)[C@]1(CN)[C@H](c2ccc(CC)cc2)[C@@H]1S(C)(=O)=O. The number of carbonyl (C=O) groups excluding carboxylic acids is 1. The van der Waals surface area contributed by atoms with E-state index in [1.165, 1.54) is 0 Å². The zero-order valence-electron chi connectivity index (χ0n) is 13.2. The number of sulfone groups is 1. The minimum Gasteiger partial charge on any atom is -0.465 e. The van der Waals surface area contributed by atoms with Crippen molar-refractivity contribution in [2.45, 2.75) is 31.4 Å². The lowest BCUT2D eigenvalue weighted by Crippen LogP contribution is -2.33. The highest BCUT2D eigenvalue weighted by molar-refractivity contribution is 7.91. The lowest BCUT2D eigenvalue weighted by atomic mass is 9.98. The van der Waals surface area contributed by atoms with E-state index in [0.717, 1.165) is 23.8 Å². The predicted octanol–water partition coefficient (Wildman–Crippen LogP) is 1.27. The van der Waals surface area contributed by atoms with E-state index in [1.54, 1.807) is 6.92 Å². The molecule has 6 heteroatoms. The summed E-state index contributed by atoms with van der Waals surface area (Å²) in [5.41, 5.74) is 6.64. The second kappa shape index (κ2) is 6.01. The molecule has 0 aliphatic heterocycles. The number of carbonyl (C=O) groups is 1. The van der Waals surface area contributed by atoms with Gasteiger partial charge in [0, 0.05) is 18.7 Å². The van der Waals surface area contributed by atoms with Gasteiger partial charge < -0.3 is 10.5 Å². The highest BCUT2D eigenvalue weighted by Gasteiger charge is 2.74. The van der Waals surface area contributed by atoms with E-state index >= 15 is 0 Å². The Labute approximate surface area is 131 Å². The van der Waals surface area contributed by atoms with E-state index < -0.39 is 32.4 Å². The molecule has 1 aliphatic rings. The molecule has 1 aromatic carbocycles.